The number of hydrogen-bond donors (Lipinski definition) is 2. The van der Waals surface area contributed by atoms with Gasteiger partial charge in [0, 0.05) is 17.8 Å². The summed E-state index contributed by atoms with van der Waals surface area (Å²) >= 11 is 0. The van der Waals surface area contributed by atoms with E-state index in [4.69, 9.17) is 0 Å². The fourth-order valence-electron chi connectivity index (χ4n) is 1.68. The molecular formula is C12H13F2N3. The second-order valence-electron chi connectivity index (χ2n) is 3.86. The van der Waals surface area contributed by atoms with E-state index in [0.29, 0.717) is 6.54 Å². The summed E-state index contributed by atoms with van der Waals surface area (Å²) in [6.07, 6.45) is 0. The van der Waals surface area contributed by atoms with E-state index in [2.05, 4.69) is 15.5 Å². The lowest BCUT2D eigenvalue weighted by atomic mass is 10.2. The van der Waals surface area contributed by atoms with E-state index in [1.165, 1.54) is 18.2 Å². The first-order valence-electron chi connectivity index (χ1n) is 5.28. The highest BCUT2D eigenvalue weighted by atomic mass is 19.1. The molecule has 2 aromatic rings. The first-order valence-corrected chi connectivity index (χ1v) is 5.28. The number of anilines is 1. The monoisotopic (exact) mass is 237 g/mol. The standard InChI is InChI=1S/C12H13F2N3/c1-7-9(8(2)17-16-7)6-15-12-10(13)4-3-5-11(12)14/h3-5,15H,6H2,1-2H3,(H,16,17). The van der Waals surface area contributed by atoms with Gasteiger partial charge in [-0.15, -0.1) is 0 Å². The molecule has 0 saturated heterocycles. The van der Waals surface area contributed by atoms with Gasteiger partial charge in [-0.2, -0.15) is 5.10 Å². The van der Waals surface area contributed by atoms with Gasteiger partial charge in [-0.25, -0.2) is 8.78 Å². The summed E-state index contributed by atoms with van der Waals surface area (Å²) in [5.41, 5.74) is 2.54. The molecule has 2 rings (SSSR count). The minimum absolute atomic E-state index is 0.104. The number of nitrogens with zero attached hydrogens (tertiary/aromatic N) is 1. The lowest BCUT2D eigenvalue weighted by molar-refractivity contribution is 0.588. The summed E-state index contributed by atoms with van der Waals surface area (Å²) in [7, 11) is 0. The van der Waals surface area contributed by atoms with E-state index in [1.54, 1.807) is 0 Å². The summed E-state index contributed by atoms with van der Waals surface area (Å²) in [4.78, 5) is 0. The van der Waals surface area contributed by atoms with Crippen LogP contribution in [0.5, 0.6) is 0 Å². The van der Waals surface area contributed by atoms with Crippen LogP contribution < -0.4 is 5.32 Å². The number of aromatic nitrogens is 2. The van der Waals surface area contributed by atoms with Crippen LogP contribution in [-0.4, -0.2) is 10.2 Å². The SMILES string of the molecule is Cc1n[nH]c(C)c1CNc1c(F)cccc1F. The van der Waals surface area contributed by atoms with Crippen LogP contribution in [-0.2, 0) is 6.54 Å². The van der Waals surface area contributed by atoms with Crippen LogP contribution in [0.1, 0.15) is 17.0 Å². The molecule has 0 radical (unpaired) electrons. The van der Waals surface area contributed by atoms with Crippen LogP contribution in [0.4, 0.5) is 14.5 Å². The van der Waals surface area contributed by atoms with Gasteiger partial charge in [0.15, 0.2) is 0 Å². The first-order chi connectivity index (χ1) is 8.09. The molecule has 0 aliphatic rings. The van der Waals surface area contributed by atoms with Crippen LogP contribution in [0.2, 0.25) is 0 Å². The van der Waals surface area contributed by atoms with Crippen molar-refractivity contribution in [2.75, 3.05) is 5.32 Å². The predicted molar refractivity (Wildman–Crippen MR) is 61.7 cm³/mol. The quantitative estimate of drug-likeness (QED) is 0.861. The lowest BCUT2D eigenvalue weighted by Gasteiger charge is -2.08. The smallest absolute Gasteiger partial charge is 0.149 e. The number of nitrogens with one attached hydrogen (secondary N) is 2. The fraction of sp³-hybridized carbons (Fsp3) is 0.250. The van der Waals surface area contributed by atoms with Crippen molar-refractivity contribution in [2.24, 2.45) is 0 Å². The highest BCUT2D eigenvalue weighted by molar-refractivity contribution is 5.47. The molecule has 3 nitrogen and oxygen atoms in total. The summed E-state index contributed by atoms with van der Waals surface area (Å²) in [6, 6.07) is 3.78. The van der Waals surface area contributed by atoms with Crippen molar-refractivity contribution in [3.63, 3.8) is 0 Å². The maximum absolute atomic E-state index is 13.4. The van der Waals surface area contributed by atoms with Crippen LogP contribution in [0.25, 0.3) is 0 Å². The maximum Gasteiger partial charge on any atom is 0.149 e. The molecule has 1 aromatic carbocycles. The zero-order valence-corrected chi connectivity index (χ0v) is 9.64. The molecule has 0 unspecified atom stereocenters. The molecule has 5 heteroatoms. The number of aromatic amines is 1. The second kappa shape index (κ2) is 4.53. The van der Waals surface area contributed by atoms with Crippen LogP contribution in [0.3, 0.4) is 0 Å². The van der Waals surface area contributed by atoms with Gasteiger partial charge in [0.05, 0.1) is 5.69 Å². The zero-order valence-electron chi connectivity index (χ0n) is 9.64. The van der Waals surface area contributed by atoms with Gasteiger partial charge in [0.2, 0.25) is 0 Å². The number of H-pyrrole nitrogens is 1. The Kier molecular flexibility index (Phi) is 3.08. The molecule has 0 amide bonds. The molecule has 0 atom stereocenters. The van der Waals surface area contributed by atoms with Gasteiger partial charge in [-0.1, -0.05) is 6.07 Å². The summed E-state index contributed by atoms with van der Waals surface area (Å²) in [5.74, 6) is -1.19. The van der Waals surface area contributed by atoms with Crippen molar-refractivity contribution < 1.29 is 8.78 Å². The number of hydrogen-bond acceptors (Lipinski definition) is 2. The number of rotatable bonds is 3. The third-order valence-corrected chi connectivity index (χ3v) is 2.69. The van der Waals surface area contributed by atoms with E-state index in [0.717, 1.165) is 17.0 Å². The molecule has 1 aromatic heterocycles. The Bertz CT molecular complexity index is 495. The highest BCUT2D eigenvalue weighted by Crippen LogP contribution is 2.20. The van der Waals surface area contributed by atoms with Crippen molar-refractivity contribution in [3.8, 4) is 0 Å². The average molecular weight is 237 g/mol. The van der Waals surface area contributed by atoms with Gasteiger partial charge in [0.1, 0.15) is 17.3 Å². The van der Waals surface area contributed by atoms with Crippen molar-refractivity contribution >= 4 is 5.69 Å². The Morgan fingerprint density at radius 1 is 1.24 bits per heavy atom. The molecule has 17 heavy (non-hydrogen) atoms. The van der Waals surface area contributed by atoms with Crippen LogP contribution >= 0.6 is 0 Å². The van der Waals surface area contributed by atoms with Crippen molar-refractivity contribution in [1.29, 1.82) is 0 Å². The van der Waals surface area contributed by atoms with E-state index >= 15 is 0 Å². The van der Waals surface area contributed by atoms with Crippen molar-refractivity contribution in [1.82, 2.24) is 10.2 Å². The molecule has 0 aliphatic carbocycles. The summed E-state index contributed by atoms with van der Waals surface area (Å²) in [5, 5.41) is 9.60. The zero-order chi connectivity index (χ0) is 12.4. The summed E-state index contributed by atoms with van der Waals surface area (Å²) < 4.78 is 26.7. The van der Waals surface area contributed by atoms with Gasteiger partial charge >= 0.3 is 0 Å². The number of benzene rings is 1. The topological polar surface area (TPSA) is 40.7 Å². The lowest BCUT2D eigenvalue weighted by Crippen LogP contribution is -2.05. The maximum atomic E-state index is 13.4. The Balaban J connectivity index is 2.18. The minimum Gasteiger partial charge on any atom is -0.376 e. The molecule has 0 aliphatic heterocycles. The van der Waals surface area contributed by atoms with Gasteiger partial charge in [0.25, 0.3) is 0 Å². The predicted octanol–water partition coefficient (Wildman–Crippen LogP) is 2.92. The molecule has 0 spiro atoms. The molecule has 90 valence electrons. The van der Waals surface area contributed by atoms with Gasteiger partial charge < -0.3 is 5.32 Å². The van der Waals surface area contributed by atoms with Crippen LogP contribution in [0, 0.1) is 25.5 Å². The van der Waals surface area contributed by atoms with E-state index < -0.39 is 11.6 Å². The Hall–Kier alpha value is -1.91. The van der Waals surface area contributed by atoms with Crippen LogP contribution in [0.15, 0.2) is 18.2 Å². The first kappa shape index (κ1) is 11.6. The Labute approximate surface area is 97.9 Å². The van der Waals surface area contributed by atoms with Gasteiger partial charge in [-0.05, 0) is 26.0 Å². The molecular weight excluding hydrogens is 224 g/mol. The van der Waals surface area contributed by atoms with Gasteiger partial charge in [-0.3, -0.25) is 5.10 Å². The van der Waals surface area contributed by atoms with Crippen molar-refractivity contribution in [3.05, 3.63) is 46.8 Å². The average Bonchev–Trinajstić information content (AvgIpc) is 2.59. The van der Waals surface area contributed by atoms with E-state index in [-0.39, 0.29) is 5.69 Å². The fourth-order valence-corrected chi connectivity index (χ4v) is 1.68. The normalized spacial score (nSPS) is 10.6. The van der Waals surface area contributed by atoms with E-state index in [1.807, 2.05) is 13.8 Å². The largest absolute Gasteiger partial charge is 0.376 e. The molecule has 1 heterocycles. The van der Waals surface area contributed by atoms with E-state index in [9.17, 15) is 8.78 Å². The molecule has 0 saturated carbocycles. The highest BCUT2D eigenvalue weighted by Gasteiger charge is 2.10. The molecule has 0 fully saturated rings. The Morgan fingerprint density at radius 2 is 1.88 bits per heavy atom. The second-order valence-corrected chi connectivity index (χ2v) is 3.86. The third kappa shape index (κ3) is 2.27. The Morgan fingerprint density at radius 3 is 2.41 bits per heavy atom. The number of halogens is 2. The summed E-state index contributed by atoms with van der Waals surface area (Å²) in [6.45, 7) is 4.05. The number of para-hydroxylation sites is 1. The van der Waals surface area contributed by atoms with Crippen molar-refractivity contribution in [2.45, 2.75) is 20.4 Å². The minimum atomic E-state index is -0.594. The third-order valence-electron chi connectivity index (χ3n) is 2.69. The number of aryl methyl sites for hydroxylation is 2. The molecule has 2 N–H and O–H groups in total. The molecule has 0 bridgehead atoms.